The molecular weight excluding hydrogens is 396 g/mol. The van der Waals surface area contributed by atoms with Crippen molar-refractivity contribution in [3.05, 3.63) is 29.8 Å². The van der Waals surface area contributed by atoms with Crippen LogP contribution in [0.15, 0.2) is 29.2 Å². The van der Waals surface area contributed by atoms with E-state index in [9.17, 15) is 13.2 Å². The number of carbonyl (C=O) groups is 1. The van der Waals surface area contributed by atoms with E-state index in [4.69, 9.17) is 0 Å². The van der Waals surface area contributed by atoms with Crippen LogP contribution in [0.5, 0.6) is 0 Å². The highest BCUT2D eigenvalue weighted by Crippen LogP contribution is 2.60. The highest BCUT2D eigenvalue weighted by Gasteiger charge is 2.54. The second kappa shape index (κ2) is 7.94. The maximum atomic E-state index is 13.0. The molecule has 6 heteroatoms. The van der Waals surface area contributed by atoms with E-state index in [0.717, 1.165) is 74.7 Å². The molecule has 0 spiro atoms. The van der Waals surface area contributed by atoms with Crippen molar-refractivity contribution in [2.24, 2.45) is 23.2 Å². The van der Waals surface area contributed by atoms with Gasteiger partial charge in [-0.15, -0.1) is 0 Å². The molecule has 5 aliphatic carbocycles. The Morgan fingerprint density at radius 1 is 0.933 bits per heavy atom. The Labute approximate surface area is 180 Å². The molecule has 4 bridgehead atoms. The average Bonchev–Trinajstić information content (AvgIpc) is 3.19. The summed E-state index contributed by atoms with van der Waals surface area (Å²) in [7, 11) is -3.44. The summed E-state index contributed by atoms with van der Waals surface area (Å²) < 4.78 is 27.9. The molecule has 30 heavy (non-hydrogen) atoms. The van der Waals surface area contributed by atoms with Crippen molar-refractivity contribution in [3.63, 3.8) is 0 Å². The van der Waals surface area contributed by atoms with Crippen LogP contribution in [0.3, 0.4) is 0 Å². The molecule has 1 aromatic rings. The SMILES string of the molecule is O=C(NCCc1ccc(S(=O)(=O)NC2CCCC2)cc1)C12CC3CC(CC(C3)C1)C2. The third-order valence-electron chi connectivity index (χ3n) is 8.13. The molecule has 5 saturated carbocycles. The first kappa shape index (κ1) is 20.5. The van der Waals surface area contributed by atoms with E-state index in [1.807, 2.05) is 12.1 Å². The molecule has 1 amide bonds. The molecule has 0 aliphatic heterocycles. The average molecular weight is 431 g/mol. The van der Waals surface area contributed by atoms with Gasteiger partial charge in [-0.3, -0.25) is 4.79 Å². The number of hydrogen-bond donors (Lipinski definition) is 2. The molecule has 164 valence electrons. The van der Waals surface area contributed by atoms with Gasteiger partial charge in [0.15, 0.2) is 0 Å². The first-order valence-electron chi connectivity index (χ1n) is 11.8. The van der Waals surface area contributed by atoms with Crippen LogP contribution in [0.25, 0.3) is 0 Å². The first-order chi connectivity index (χ1) is 14.4. The fraction of sp³-hybridized carbons (Fsp3) is 0.708. The standard InChI is InChI=1S/C24H34N2O3S/c27-23(24-14-18-11-19(15-24)13-20(12-18)16-24)25-10-9-17-5-7-22(8-6-17)30(28,29)26-21-3-1-2-4-21/h5-8,18-21,26H,1-4,9-16H2,(H,25,27). The molecular formula is C24H34N2O3S. The highest BCUT2D eigenvalue weighted by molar-refractivity contribution is 7.89. The van der Waals surface area contributed by atoms with Crippen LogP contribution in [0.4, 0.5) is 0 Å². The molecule has 0 unspecified atom stereocenters. The molecule has 1 aromatic carbocycles. The molecule has 0 radical (unpaired) electrons. The quantitative estimate of drug-likeness (QED) is 0.691. The van der Waals surface area contributed by atoms with Crippen molar-refractivity contribution in [2.75, 3.05) is 6.54 Å². The summed E-state index contributed by atoms with van der Waals surface area (Å²) in [6, 6.07) is 7.20. The van der Waals surface area contributed by atoms with E-state index in [-0.39, 0.29) is 17.4 Å². The van der Waals surface area contributed by atoms with Crippen molar-refractivity contribution in [2.45, 2.75) is 81.6 Å². The zero-order valence-electron chi connectivity index (χ0n) is 17.7. The minimum absolute atomic E-state index is 0.0782. The van der Waals surface area contributed by atoms with E-state index in [1.165, 1.54) is 19.3 Å². The van der Waals surface area contributed by atoms with Crippen LogP contribution < -0.4 is 10.0 Å². The fourth-order valence-electron chi connectivity index (χ4n) is 7.06. The van der Waals surface area contributed by atoms with Gasteiger partial charge in [0.05, 0.1) is 4.90 Å². The van der Waals surface area contributed by atoms with Gasteiger partial charge < -0.3 is 5.32 Å². The zero-order chi connectivity index (χ0) is 20.8. The van der Waals surface area contributed by atoms with E-state index < -0.39 is 10.0 Å². The topological polar surface area (TPSA) is 75.3 Å². The molecule has 2 N–H and O–H groups in total. The van der Waals surface area contributed by atoms with Crippen LogP contribution in [0.2, 0.25) is 0 Å². The largest absolute Gasteiger partial charge is 0.355 e. The Hall–Kier alpha value is -1.40. The Balaban J connectivity index is 1.14. The molecule has 0 atom stereocenters. The number of nitrogens with one attached hydrogen (secondary N) is 2. The number of rotatable bonds is 7. The van der Waals surface area contributed by atoms with Crippen LogP contribution in [-0.4, -0.2) is 26.9 Å². The molecule has 0 saturated heterocycles. The van der Waals surface area contributed by atoms with Gasteiger partial charge in [0.25, 0.3) is 0 Å². The number of hydrogen-bond acceptors (Lipinski definition) is 3. The zero-order valence-corrected chi connectivity index (χ0v) is 18.6. The number of sulfonamides is 1. The molecule has 0 aromatic heterocycles. The van der Waals surface area contributed by atoms with Gasteiger partial charge in [0, 0.05) is 18.0 Å². The molecule has 6 rings (SSSR count). The van der Waals surface area contributed by atoms with Gasteiger partial charge in [-0.2, -0.15) is 0 Å². The number of amides is 1. The smallest absolute Gasteiger partial charge is 0.240 e. The van der Waals surface area contributed by atoms with E-state index in [1.54, 1.807) is 12.1 Å². The van der Waals surface area contributed by atoms with Gasteiger partial charge in [-0.1, -0.05) is 25.0 Å². The maximum Gasteiger partial charge on any atom is 0.240 e. The van der Waals surface area contributed by atoms with Crippen LogP contribution in [0.1, 0.15) is 69.8 Å². The van der Waals surface area contributed by atoms with Crippen LogP contribution in [0, 0.1) is 23.2 Å². The van der Waals surface area contributed by atoms with E-state index >= 15 is 0 Å². The molecule has 5 aliphatic rings. The Morgan fingerprint density at radius 3 is 2.07 bits per heavy atom. The predicted octanol–water partition coefficient (Wildman–Crippen LogP) is 3.78. The second-order valence-corrected chi connectivity index (χ2v) is 12.2. The Kier molecular flexibility index (Phi) is 5.42. The third-order valence-corrected chi connectivity index (χ3v) is 9.67. The lowest BCUT2D eigenvalue weighted by Crippen LogP contribution is -2.53. The van der Waals surface area contributed by atoms with E-state index in [0.29, 0.717) is 11.4 Å². The highest BCUT2D eigenvalue weighted by atomic mass is 32.2. The van der Waals surface area contributed by atoms with Gasteiger partial charge in [0.1, 0.15) is 0 Å². The molecule has 0 heterocycles. The summed E-state index contributed by atoms with van der Waals surface area (Å²) in [5.74, 6) is 2.58. The van der Waals surface area contributed by atoms with Crippen molar-refractivity contribution >= 4 is 15.9 Å². The maximum absolute atomic E-state index is 13.0. The Morgan fingerprint density at radius 2 is 1.50 bits per heavy atom. The van der Waals surface area contributed by atoms with Gasteiger partial charge in [-0.05, 0) is 93.2 Å². The van der Waals surface area contributed by atoms with Crippen molar-refractivity contribution in [1.29, 1.82) is 0 Å². The summed E-state index contributed by atoms with van der Waals surface area (Å²) in [5, 5.41) is 3.21. The lowest BCUT2D eigenvalue weighted by molar-refractivity contribution is -0.146. The summed E-state index contributed by atoms with van der Waals surface area (Å²) >= 11 is 0. The lowest BCUT2D eigenvalue weighted by Gasteiger charge is -2.55. The van der Waals surface area contributed by atoms with Gasteiger partial charge in [0.2, 0.25) is 15.9 Å². The molecule has 5 nitrogen and oxygen atoms in total. The summed E-state index contributed by atoms with van der Waals surface area (Å²) in [4.78, 5) is 13.4. The minimum atomic E-state index is -3.44. The van der Waals surface area contributed by atoms with E-state index in [2.05, 4.69) is 10.0 Å². The second-order valence-electron chi connectivity index (χ2n) is 10.5. The summed E-state index contributed by atoms with van der Waals surface area (Å²) in [6.45, 7) is 0.618. The normalized spacial score (nSPS) is 33.1. The monoisotopic (exact) mass is 430 g/mol. The number of benzene rings is 1. The van der Waals surface area contributed by atoms with Gasteiger partial charge >= 0.3 is 0 Å². The minimum Gasteiger partial charge on any atom is -0.355 e. The van der Waals surface area contributed by atoms with Crippen molar-refractivity contribution in [3.8, 4) is 0 Å². The summed E-state index contributed by atoms with van der Waals surface area (Å²) in [5.41, 5.74) is 0.958. The molecule has 5 fully saturated rings. The van der Waals surface area contributed by atoms with Crippen LogP contribution in [-0.2, 0) is 21.2 Å². The number of carbonyl (C=O) groups excluding carboxylic acids is 1. The predicted molar refractivity (Wildman–Crippen MR) is 116 cm³/mol. The lowest BCUT2D eigenvalue weighted by atomic mass is 9.49. The summed E-state index contributed by atoms with van der Waals surface area (Å²) in [6.07, 6.45) is 12.1. The third kappa shape index (κ3) is 4.05. The fourth-order valence-corrected chi connectivity index (χ4v) is 8.37. The van der Waals surface area contributed by atoms with Crippen molar-refractivity contribution < 1.29 is 13.2 Å². The van der Waals surface area contributed by atoms with Gasteiger partial charge in [-0.25, -0.2) is 13.1 Å². The Bertz CT molecular complexity index is 852. The van der Waals surface area contributed by atoms with Crippen molar-refractivity contribution in [1.82, 2.24) is 10.0 Å². The first-order valence-corrected chi connectivity index (χ1v) is 13.3. The van der Waals surface area contributed by atoms with Crippen LogP contribution >= 0.6 is 0 Å².